The lowest BCUT2D eigenvalue weighted by molar-refractivity contribution is -0.137. The third-order valence-electron chi connectivity index (χ3n) is 0.794. The summed E-state index contributed by atoms with van der Waals surface area (Å²) in [5.41, 5.74) is 4.84. The van der Waals surface area contributed by atoms with Crippen LogP contribution in [0.15, 0.2) is 0 Å². The molecule has 0 bridgehead atoms. The summed E-state index contributed by atoms with van der Waals surface area (Å²) in [4.78, 5) is 9.88. The number of carboxylic acids is 1. The standard InChI is InChI=1S/C6H9NO2/c7-5-3-1-2-4-6(8)9/h1-2,4,7H2,(H,8,9). The molecular weight excluding hydrogens is 118 g/mol. The number of nitrogens with two attached hydrogens (primary N) is 1. The third kappa shape index (κ3) is 6.83. The Morgan fingerprint density at radius 2 is 2.33 bits per heavy atom. The third-order valence-corrected chi connectivity index (χ3v) is 0.794. The molecule has 0 saturated heterocycles. The summed E-state index contributed by atoms with van der Waals surface area (Å²) in [7, 11) is 0. The molecule has 0 saturated carbocycles. The van der Waals surface area contributed by atoms with E-state index in [1.54, 1.807) is 0 Å². The molecule has 0 heterocycles. The van der Waals surface area contributed by atoms with Gasteiger partial charge in [0.2, 0.25) is 0 Å². The molecule has 0 rings (SSSR count). The second-order valence-electron chi connectivity index (χ2n) is 1.57. The van der Waals surface area contributed by atoms with Crippen molar-refractivity contribution in [3.05, 3.63) is 0 Å². The minimum atomic E-state index is -0.783. The van der Waals surface area contributed by atoms with Gasteiger partial charge in [0.15, 0.2) is 0 Å². The number of carboxylic acid groups (broad SMARTS) is 1. The second kappa shape index (κ2) is 4.98. The van der Waals surface area contributed by atoms with E-state index in [0.717, 1.165) is 0 Å². The first-order valence-corrected chi connectivity index (χ1v) is 2.67. The zero-order valence-electron chi connectivity index (χ0n) is 5.05. The fourth-order valence-electron chi connectivity index (χ4n) is 0.400. The molecular formula is C6H9NO2. The molecule has 0 aromatic carbocycles. The van der Waals surface area contributed by atoms with Gasteiger partial charge >= 0.3 is 5.97 Å². The molecule has 9 heavy (non-hydrogen) atoms. The number of hydrogen-bond acceptors (Lipinski definition) is 2. The maximum atomic E-state index is 9.88. The first-order valence-electron chi connectivity index (χ1n) is 2.67. The van der Waals surface area contributed by atoms with Gasteiger partial charge in [-0.2, -0.15) is 0 Å². The molecule has 50 valence electrons. The molecule has 0 fully saturated rings. The Kier molecular flexibility index (Phi) is 4.33. The highest BCUT2D eigenvalue weighted by atomic mass is 16.4. The van der Waals surface area contributed by atoms with Gasteiger partial charge in [0.1, 0.15) is 0 Å². The van der Waals surface area contributed by atoms with E-state index in [9.17, 15) is 4.79 Å². The molecule has 0 aliphatic heterocycles. The van der Waals surface area contributed by atoms with Gasteiger partial charge in [-0.25, -0.2) is 0 Å². The van der Waals surface area contributed by atoms with E-state index >= 15 is 0 Å². The van der Waals surface area contributed by atoms with Crippen molar-refractivity contribution in [2.75, 3.05) is 0 Å². The summed E-state index contributed by atoms with van der Waals surface area (Å²) in [5.74, 6) is 1.78. The average molecular weight is 127 g/mol. The summed E-state index contributed by atoms with van der Waals surface area (Å²) in [6.45, 7) is 0. The normalized spacial score (nSPS) is 7.56. The van der Waals surface area contributed by atoms with Crippen LogP contribution in [0.3, 0.4) is 0 Å². The number of aliphatic carboxylic acids is 1. The monoisotopic (exact) mass is 127 g/mol. The van der Waals surface area contributed by atoms with Crippen LogP contribution in [0.4, 0.5) is 0 Å². The Bertz CT molecular complexity index is 143. The number of hydrogen-bond donors (Lipinski definition) is 2. The Balaban J connectivity index is 3.07. The van der Waals surface area contributed by atoms with Crippen molar-refractivity contribution in [3.63, 3.8) is 0 Å². The van der Waals surface area contributed by atoms with Gasteiger partial charge in [0.05, 0.1) is 0 Å². The topological polar surface area (TPSA) is 63.3 Å². The Morgan fingerprint density at radius 1 is 1.67 bits per heavy atom. The minimum absolute atomic E-state index is 0.175. The Hall–Kier alpha value is -1.17. The molecule has 0 radical (unpaired) electrons. The molecule has 0 aliphatic rings. The van der Waals surface area contributed by atoms with Crippen LogP contribution < -0.4 is 5.73 Å². The van der Waals surface area contributed by atoms with Crippen molar-refractivity contribution in [2.45, 2.75) is 19.3 Å². The minimum Gasteiger partial charge on any atom is -0.481 e. The van der Waals surface area contributed by atoms with E-state index in [1.165, 1.54) is 0 Å². The van der Waals surface area contributed by atoms with Crippen molar-refractivity contribution >= 4 is 5.97 Å². The van der Waals surface area contributed by atoms with E-state index in [0.29, 0.717) is 12.8 Å². The van der Waals surface area contributed by atoms with Gasteiger partial charge in [-0.3, -0.25) is 4.79 Å². The molecule has 3 heteroatoms. The van der Waals surface area contributed by atoms with Crippen molar-refractivity contribution in [2.24, 2.45) is 5.73 Å². The summed E-state index contributed by atoms with van der Waals surface area (Å²) in [6.07, 6.45) is 1.33. The van der Waals surface area contributed by atoms with Gasteiger partial charge < -0.3 is 10.8 Å². The van der Waals surface area contributed by atoms with Crippen molar-refractivity contribution in [3.8, 4) is 12.0 Å². The van der Waals surface area contributed by atoms with Crippen LogP contribution in [-0.4, -0.2) is 11.1 Å². The predicted molar refractivity (Wildman–Crippen MR) is 33.5 cm³/mol. The summed E-state index contributed by atoms with van der Waals surface area (Å²) < 4.78 is 0. The van der Waals surface area contributed by atoms with Gasteiger partial charge in [0, 0.05) is 18.9 Å². The lowest BCUT2D eigenvalue weighted by Crippen LogP contribution is -1.92. The van der Waals surface area contributed by atoms with Crippen molar-refractivity contribution < 1.29 is 9.90 Å². The Morgan fingerprint density at radius 3 is 2.78 bits per heavy atom. The first kappa shape index (κ1) is 7.83. The maximum absolute atomic E-state index is 9.88. The van der Waals surface area contributed by atoms with Gasteiger partial charge in [0.25, 0.3) is 0 Å². The molecule has 0 unspecified atom stereocenters. The van der Waals surface area contributed by atoms with E-state index in [4.69, 9.17) is 10.8 Å². The number of unbranched alkanes of at least 4 members (excludes halogenated alkanes) is 1. The summed E-state index contributed by atoms with van der Waals surface area (Å²) in [5, 5.41) is 8.13. The number of carbonyl (C=O) groups is 1. The van der Waals surface area contributed by atoms with Crippen LogP contribution in [0, 0.1) is 12.0 Å². The molecule has 0 atom stereocenters. The molecule has 3 N–H and O–H groups in total. The lowest BCUT2D eigenvalue weighted by atomic mass is 10.2. The van der Waals surface area contributed by atoms with Crippen LogP contribution >= 0.6 is 0 Å². The van der Waals surface area contributed by atoms with Crippen LogP contribution in [0.5, 0.6) is 0 Å². The molecule has 0 spiro atoms. The van der Waals surface area contributed by atoms with E-state index in [-0.39, 0.29) is 6.42 Å². The number of rotatable bonds is 3. The zero-order chi connectivity index (χ0) is 7.11. The smallest absolute Gasteiger partial charge is 0.303 e. The zero-order valence-corrected chi connectivity index (χ0v) is 5.05. The van der Waals surface area contributed by atoms with Gasteiger partial charge in [-0.1, -0.05) is 5.92 Å². The lowest BCUT2D eigenvalue weighted by Gasteiger charge is -1.86. The van der Waals surface area contributed by atoms with Gasteiger partial charge in [-0.05, 0) is 6.42 Å². The predicted octanol–water partition coefficient (Wildman–Crippen LogP) is 0.161. The first-order chi connectivity index (χ1) is 4.27. The fourth-order valence-corrected chi connectivity index (χ4v) is 0.400. The summed E-state index contributed by atoms with van der Waals surface area (Å²) in [6, 6.07) is 2.20. The molecule has 0 aliphatic carbocycles. The Labute approximate surface area is 53.9 Å². The average Bonchev–Trinajstić information content (AvgIpc) is 1.80. The molecule has 0 aromatic heterocycles. The maximum Gasteiger partial charge on any atom is 0.303 e. The van der Waals surface area contributed by atoms with Crippen molar-refractivity contribution in [1.82, 2.24) is 0 Å². The van der Waals surface area contributed by atoms with Crippen LogP contribution in [0.1, 0.15) is 19.3 Å². The van der Waals surface area contributed by atoms with E-state index in [1.807, 2.05) is 0 Å². The molecule has 3 nitrogen and oxygen atoms in total. The van der Waals surface area contributed by atoms with E-state index in [2.05, 4.69) is 12.0 Å². The fraction of sp³-hybridized carbons (Fsp3) is 0.500. The largest absolute Gasteiger partial charge is 0.481 e. The van der Waals surface area contributed by atoms with Crippen LogP contribution in [0.2, 0.25) is 0 Å². The quantitative estimate of drug-likeness (QED) is 0.322. The second-order valence-corrected chi connectivity index (χ2v) is 1.57. The van der Waals surface area contributed by atoms with Crippen molar-refractivity contribution in [1.29, 1.82) is 0 Å². The molecule has 0 amide bonds. The molecule has 0 aromatic rings. The van der Waals surface area contributed by atoms with E-state index < -0.39 is 5.97 Å². The van der Waals surface area contributed by atoms with Crippen LogP contribution in [-0.2, 0) is 4.79 Å². The van der Waals surface area contributed by atoms with Crippen LogP contribution in [0.25, 0.3) is 0 Å². The highest BCUT2D eigenvalue weighted by Crippen LogP contribution is 1.91. The highest BCUT2D eigenvalue weighted by molar-refractivity contribution is 5.66. The van der Waals surface area contributed by atoms with Gasteiger partial charge in [-0.15, -0.1) is 0 Å². The summed E-state index contributed by atoms with van der Waals surface area (Å²) >= 11 is 0. The SMILES string of the molecule is NC#CCCCC(=O)O. The highest BCUT2D eigenvalue weighted by Gasteiger charge is 1.92.